The van der Waals surface area contributed by atoms with Crippen molar-refractivity contribution in [3.63, 3.8) is 0 Å². The van der Waals surface area contributed by atoms with Gasteiger partial charge in [-0.05, 0) is 31.0 Å². The van der Waals surface area contributed by atoms with Gasteiger partial charge in [0.15, 0.2) is 0 Å². The molecule has 0 radical (unpaired) electrons. The van der Waals surface area contributed by atoms with E-state index in [-0.39, 0.29) is 11.9 Å². The molecule has 0 spiro atoms. The second-order valence-corrected chi connectivity index (χ2v) is 6.17. The van der Waals surface area contributed by atoms with Crippen molar-refractivity contribution in [1.29, 1.82) is 0 Å². The smallest absolute Gasteiger partial charge is 0.325 e. The van der Waals surface area contributed by atoms with Gasteiger partial charge in [-0.2, -0.15) is 5.10 Å². The number of nitrogens with one attached hydrogen (secondary N) is 3. The molecule has 1 atom stereocenters. The molecule has 9 nitrogen and oxygen atoms in total. The third-order valence-electron chi connectivity index (χ3n) is 4.32. The Balaban J connectivity index is 1.92. The Morgan fingerprint density at radius 1 is 1.30 bits per heavy atom. The third-order valence-corrected chi connectivity index (χ3v) is 4.32. The lowest BCUT2D eigenvalue weighted by atomic mass is 10.0. The molecule has 0 aliphatic rings. The van der Waals surface area contributed by atoms with E-state index in [4.69, 9.17) is 0 Å². The Morgan fingerprint density at radius 3 is 2.70 bits per heavy atom. The number of carbonyl (C=O) groups excluding carboxylic acids is 1. The zero-order valence-electron chi connectivity index (χ0n) is 15.2. The fourth-order valence-corrected chi connectivity index (χ4v) is 2.97. The SMILES string of the molecule is CC[C@H](NC(=O)c1cccc(-c2c(C)[nH]c(=O)[nH]c2=O)c1)c1ncnn1C. The van der Waals surface area contributed by atoms with Gasteiger partial charge in [-0.3, -0.25) is 19.3 Å². The summed E-state index contributed by atoms with van der Waals surface area (Å²) in [4.78, 5) is 45.2. The van der Waals surface area contributed by atoms with Crippen LogP contribution in [-0.2, 0) is 7.05 Å². The van der Waals surface area contributed by atoms with Gasteiger partial charge in [0.2, 0.25) is 0 Å². The quantitative estimate of drug-likeness (QED) is 0.621. The molecule has 0 aliphatic heterocycles. The van der Waals surface area contributed by atoms with Gasteiger partial charge in [-0.15, -0.1) is 0 Å². The predicted octanol–water partition coefficient (Wildman–Crippen LogP) is 1.05. The first-order valence-corrected chi connectivity index (χ1v) is 8.49. The molecule has 27 heavy (non-hydrogen) atoms. The summed E-state index contributed by atoms with van der Waals surface area (Å²) >= 11 is 0. The number of nitrogens with zero attached hydrogens (tertiary/aromatic N) is 3. The number of aromatic amines is 2. The van der Waals surface area contributed by atoms with Crippen molar-refractivity contribution in [3.8, 4) is 11.1 Å². The van der Waals surface area contributed by atoms with Gasteiger partial charge in [0.1, 0.15) is 12.2 Å². The molecular weight excluding hydrogens is 348 g/mol. The zero-order valence-corrected chi connectivity index (χ0v) is 15.2. The second kappa shape index (κ2) is 7.40. The van der Waals surface area contributed by atoms with E-state index in [1.807, 2.05) is 6.92 Å². The molecule has 0 aliphatic carbocycles. The van der Waals surface area contributed by atoms with Crippen molar-refractivity contribution in [3.05, 3.63) is 68.5 Å². The number of aryl methyl sites for hydroxylation is 2. The number of H-pyrrole nitrogens is 2. The lowest BCUT2D eigenvalue weighted by molar-refractivity contribution is 0.0933. The molecule has 0 unspecified atom stereocenters. The zero-order chi connectivity index (χ0) is 19.6. The minimum Gasteiger partial charge on any atom is -0.342 e. The molecule has 0 fully saturated rings. The Labute approximate surface area is 154 Å². The molecule has 2 heterocycles. The summed E-state index contributed by atoms with van der Waals surface area (Å²) in [5, 5.41) is 6.97. The Kier molecular flexibility index (Phi) is 5.02. The number of aromatic nitrogens is 5. The number of benzene rings is 1. The van der Waals surface area contributed by atoms with Crippen LogP contribution in [0, 0.1) is 6.92 Å². The maximum Gasteiger partial charge on any atom is 0.325 e. The number of carbonyl (C=O) groups is 1. The molecule has 0 saturated heterocycles. The van der Waals surface area contributed by atoms with E-state index >= 15 is 0 Å². The summed E-state index contributed by atoms with van der Waals surface area (Å²) in [5.74, 6) is 0.375. The number of hydrogen-bond donors (Lipinski definition) is 3. The number of rotatable bonds is 5. The summed E-state index contributed by atoms with van der Waals surface area (Å²) in [7, 11) is 1.77. The van der Waals surface area contributed by atoms with Crippen LogP contribution < -0.4 is 16.6 Å². The van der Waals surface area contributed by atoms with Gasteiger partial charge in [-0.25, -0.2) is 9.78 Å². The first-order valence-electron chi connectivity index (χ1n) is 8.49. The highest BCUT2D eigenvalue weighted by molar-refractivity contribution is 5.95. The van der Waals surface area contributed by atoms with E-state index in [0.29, 0.717) is 34.6 Å². The molecule has 9 heteroatoms. The van der Waals surface area contributed by atoms with E-state index in [2.05, 4.69) is 25.4 Å². The van der Waals surface area contributed by atoms with Crippen molar-refractivity contribution in [1.82, 2.24) is 30.0 Å². The molecule has 0 bridgehead atoms. The van der Waals surface area contributed by atoms with Crippen LogP contribution in [0.3, 0.4) is 0 Å². The lowest BCUT2D eigenvalue weighted by Crippen LogP contribution is -2.30. The number of amides is 1. The van der Waals surface area contributed by atoms with Gasteiger partial charge in [-0.1, -0.05) is 19.1 Å². The van der Waals surface area contributed by atoms with E-state index in [1.165, 1.54) is 6.33 Å². The van der Waals surface area contributed by atoms with Crippen molar-refractivity contribution < 1.29 is 4.79 Å². The average molecular weight is 368 g/mol. The summed E-state index contributed by atoms with van der Waals surface area (Å²) < 4.78 is 1.62. The Morgan fingerprint density at radius 2 is 2.07 bits per heavy atom. The largest absolute Gasteiger partial charge is 0.342 e. The summed E-state index contributed by atoms with van der Waals surface area (Å²) in [6.07, 6.45) is 2.09. The highest BCUT2D eigenvalue weighted by atomic mass is 16.2. The van der Waals surface area contributed by atoms with E-state index in [1.54, 1.807) is 42.9 Å². The summed E-state index contributed by atoms with van der Waals surface area (Å²) in [6, 6.07) is 6.41. The van der Waals surface area contributed by atoms with Crippen molar-refractivity contribution in [2.45, 2.75) is 26.3 Å². The summed E-state index contributed by atoms with van der Waals surface area (Å²) in [5.41, 5.74) is 0.642. The average Bonchev–Trinajstić information content (AvgIpc) is 3.04. The van der Waals surface area contributed by atoms with Crippen molar-refractivity contribution >= 4 is 5.91 Å². The molecule has 0 saturated carbocycles. The van der Waals surface area contributed by atoms with Crippen molar-refractivity contribution in [2.75, 3.05) is 0 Å². The monoisotopic (exact) mass is 368 g/mol. The lowest BCUT2D eigenvalue weighted by Gasteiger charge is -2.16. The van der Waals surface area contributed by atoms with Gasteiger partial charge in [0.05, 0.1) is 11.6 Å². The maximum atomic E-state index is 12.7. The highest BCUT2D eigenvalue weighted by Crippen LogP contribution is 2.20. The van der Waals surface area contributed by atoms with Crippen molar-refractivity contribution in [2.24, 2.45) is 7.05 Å². The topological polar surface area (TPSA) is 126 Å². The van der Waals surface area contributed by atoms with Crippen LogP contribution in [0.25, 0.3) is 11.1 Å². The van der Waals surface area contributed by atoms with Crippen LogP contribution in [0.15, 0.2) is 40.2 Å². The van der Waals surface area contributed by atoms with Crippen LogP contribution in [0.2, 0.25) is 0 Å². The molecule has 2 aromatic heterocycles. The molecule has 1 amide bonds. The van der Waals surface area contributed by atoms with Gasteiger partial charge in [0, 0.05) is 18.3 Å². The minimum absolute atomic E-state index is 0.285. The van der Waals surface area contributed by atoms with Gasteiger partial charge < -0.3 is 10.3 Å². The van der Waals surface area contributed by atoms with E-state index < -0.39 is 11.2 Å². The van der Waals surface area contributed by atoms with Crippen LogP contribution in [-0.4, -0.2) is 30.6 Å². The van der Waals surface area contributed by atoms with Crippen LogP contribution >= 0.6 is 0 Å². The molecule has 3 N–H and O–H groups in total. The normalized spacial score (nSPS) is 12.0. The van der Waals surface area contributed by atoms with E-state index in [0.717, 1.165) is 0 Å². The van der Waals surface area contributed by atoms with Crippen LogP contribution in [0.4, 0.5) is 0 Å². The summed E-state index contributed by atoms with van der Waals surface area (Å²) in [6.45, 7) is 3.58. The second-order valence-electron chi connectivity index (χ2n) is 6.17. The maximum absolute atomic E-state index is 12.7. The van der Waals surface area contributed by atoms with Crippen LogP contribution in [0.1, 0.15) is 41.3 Å². The minimum atomic E-state index is -0.565. The van der Waals surface area contributed by atoms with Crippen LogP contribution in [0.5, 0.6) is 0 Å². The third kappa shape index (κ3) is 3.71. The van der Waals surface area contributed by atoms with Gasteiger partial charge in [0.25, 0.3) is 11.5 Å². The van der Waals surface area contributed by atoms with Gasteiger partial charge >= 0.3 is 5.69 Å². The Hall–Kier alpha value is -3.49. The highest BCUT2D eigenvalue weighted by Gasteiger charge is 2.19. The first-order chi connectivity index (χ1) is 12.9. The Bertz CT molecular complexity index is 1090. The predicted molar refractivity (Wildman–Crippen MR) is 99.4 cm³/mol. The van der Waals surface area contributed by atoms with E-state index in [9.17, 15) is 14.4 Å². The standard InChI is InChI=1S/C18H20N6O3/c1-4-13(15-19-9-20-24(15)3)22-16(25)12-7-5-6-11(8-12)14-10(2)21-18(27)23-17(14)26/h5-9,13H,4H2,1-3H3,(H,22,25)(H2,21,23,26,27)/t13-/m0/s1. The molecule has 140 valence electrons. The first kappa shape index (κ1) is 18.3. The molecule has 1 aromatic carbocycles. The fourth-order valence-electron chi connectivity index (χ4n) is 2.97. The number of hydrogen-bond acceptors (Lipinski definition) is 5. The molecule has 3 aromatic rings. The molecule has 3 rings (SSSR count). The molecular formula is C18H20N6O3. The fraction of sp³-hybridized carbons (Fsp3) is 0.278.